The number of hydrogen-bond donors (Lipinski definition) is 2. The molecule has 1 fully saturated rings. The van der Waals surface area contributed by atoms with Crippen molar-refractivity contribution in [1.29, 1.82) is 0 Å². The summed E-state index contributed by atoms with van der Waals surface area (Å²) in [5.74, 6) is -2.57. The molecular weight excluding hydrogens is 420 g/mol. The van der Waals surface area contributed by atoms with Gasteiger partial charge in [-0.05, 0) is 55.0 Å². The van der Waals surface area contributed by atoms with Gasteiger partial charge in [-0.25, -0.2) is 4.39 Å². The molecular formula is C21H20F4N2O4. The van der Waals surface area contributed by atoms with Crippen LogP contribution in [0.1, 0.15) is 16.8 Å². The van der Waals surface area contributed by atoms with Gasteiger partial charge < -0.3 is 20.1 Å². The first-order valence-electron chi connectivity index (χ1n) is 9.46. The largest absolute Gasteiger partial charge is 0.457 e. The highest BCUT2D eigenvalue weighted by molar-refractivity contribution is 5.96. The van der Waals surface area contributed by atoms with E-state index >= 15 is 0 Å². The zero-order valence-corrected chi connectivity index (χ0v) is 16.2. The Balaban J connectivity index is 1.54. The summed E-state index contributed by atoms with van der Waals surface area (Å²) < 4.78 is 57.2. The molecule has 1 saturated heterocycles. The van der Waals surface area contributed by atoms with Crippen LogP contribution in [-0.4, -0.2) is 53.7 Å². The first-order chi connectivity index (χ1) is 14.7. The molecule has 2 aromatic rings. The zero-order chi connectivity index (χ0) is 22.6. The molecule has 0 unspecified atom stereocenters. The molecule has 2 amide bonds. The average molecular weight is 440 g/mol. The summed E-state index contributed by atoms with van der Waals surface area (Å²) in [6.45, 7) is -1.62. The van der Waals surface area contributed by atoms with Crippen molar-refractivity contribution in [3.63, 3.8) is 0 Å². The molecule has 1 aliphatic heterocycles. The fourth-order valence-corrected chi connectivity index (χ4v) is 3.30. The lowest BCUT2D eigenvalue weighted by Crippen LogP contribution is -2.44. The van der Waals surface area contributed by atoms with Gasteiger partial charge in [0.25, 0.3) is 5.91 Å². The van der Waals surface area contributed by atoms with Gasteiger partial charge in [0.15, 0.2) is 0 Å². The molecule has 0 bridgehead atoms. The number of amides is 2. The number of aliphatic hydroxyl groups is 1. The van der Waals surface area contributed by atoms with Gasteiger partial charge in [0, 0.05) is 12.1 Å². The van der Waals surface area contributed by atoms with Crippen LogP contribution in [-0.2, 0) is 4.79 Å². The number of likely N-dealkylation sites (tertiary alicyclic amines) is 1. The first-order valence-corrected chi connectivity index (χ1v) is 9.46. The van der Waals surface area contributed by atoms with Gasteiger partial charge in [-0.3, -0.25) is 9.59 Å². The number of rotatable bonds is 6. The number of carbonyl (C=O) groups excluding carboxylic acids is 2. The molecule has 2 atom stereocenters. The first kappa shape index (κ1) is 22.5. The molecule has 0 aliphatic carbocycles. The van der Waals surface area contributed by atoms with Crippen LogP contribution in [0.15, 0.2) is 48.5 Å². The van der Waals surface area contributed by atoms with Crippen molar-refractivity contribution in [2.75, 3.05) is 19.7 Å². The Morgan fingerprint density at radius 3 is 2.19 bits per heavy atom. The lowest BCUT2D eigenvalue weighted by molar-refractivity contribution is -0.171. The number of nitrogens with one attached hydrogen (secondary N) is 1. The third-order valence-electron chi connectivity index (χ3n) is 4.97. The maximum Gasteiger partial charge on any atom is 0.393 e. The standard InChI is InChI=1S/C21H20F4N2O4/c22-15-3-7-18(8-4-15)31-17-5-1-13(2-6-17)20(30)26-10-19(29)27-11-14(21(23,24)25)9-16(27)12-28/h1-8,14,16,28H,9-12H2,(H,26,30)/t14-,16-/m0/s1. The summed E-state index contributed by atoms with van der Waals surface area (Å²) in [4.78, 5) is 25.5. The van der Waals surface area contributed by atoms with E-state index in [1.165, 1.54) is 48.5 Å². The monoisotopic (exact) mass is 440 g/mol. The van der Waals surface area contributed by atoms with Crippen molar-refractivity contribution in [2.24, 2.45) is 5.92 Å². The van der Waals surface area contributed by atoms with E-state index in [4.69, 9.17) is 4.74 Å². The van der Waals surface area contributed by atoms with Crippen LogP contribution in [0.5, 0.6) is 11.5 Å². The van der Waals surface area contributed by atoms with Gasteiger partial charge in [0.1, 0.15) is 17.3 Å². The van der Waals surface area contributed by atoms with Crippen molar-refractivity contribution >= 4 is 11.8 Å². The van der Waals surface area contributed by atoms with E-state index in [0.29, 0.717) is 11.5 Å². The van der Waals surface area contributed by atoms with E-state index in [1.54, 1.807) is 0 Å². The van der Waals surface area contributed by atoms with E-state index < -0.39 is 55.5 Å². The summed E-state index contributed by atoms with van der Waals surface area (Å²) in [6, 6.07) is 10.4. The van der Waals surface area contributed by atoms with E-state index in [2.05, 4.69) is 5.32 Å². The van der Waals surface area contributed by atoms with E-state index in [0.717, 1.165) is 4.90 Å². The van der Waals surface area contributed by atoms with E-state index in [1.807, 2.05) is 0 Å². The van der Waals surface area contributed by atoms with Crippen LogP contribution in [0.25, 0.3) is 0 Å². The second-order valence-corrected chi connectivity index (χ2v) is 7.12. The maximum atomic E-state index is 12.9. The Labute approximate surface area is 175 Å². The number of aliphatic hydroxyl groups excluding tert-OH is 1. The molecule has 0 aromatic heterocycles. The molecule has 0 saturated carbocycles. The highest BCUT2D eigenvalue weighted by atomic mass is 19.4. The summed E-state index contributed by atoms with van der Waals surface area (Å²) in [5.41, 5.74) is 0.215. The molecule has 10 heteroatoms. The van der Waals surface area contributed by atoms with E-state index in [-0.39, 0.29) is 12.0 Å². The minimum Gasteiger partial charge on any atom is -0.457 e. The zero-order valence-electron chi connectivity index (χ0n) is 16.2. The Hall–Kier alpha value is -3.14. The van der Waals surface area contributed by atoms with Crippen molar-refractivity contribution in [1.82, 2.24) is 10.2 Å². The van der Waals surface area contributed by atoms with Gasteiger partial charge in [-0.2, -0.15) is 13.2 Å². The summed E-state index contributed by atoms with van der Waals surface area (Å²) in [7, 11) is 0. The molecule has 6 nitrogen and oxygen atoms in total. The predicted molar refractivity (Wildman–Crippen MR) is 102 cm³/mol. The fraction of sp³-hybridized carbons (Fsp3) is 0.333. The number of hydrogen-bond acceptors (Lipinski definition) is 4. The van der Waals surface area contributed by atoms with Crippen LogP contribution in [0.2, 0.25) is 0 Å². The number of nitrogens with zero attached hydrogens (tertiary/aromatic N) is 1. The molecule has 0 radical (unpaired) electrons. The predicted octanol–water partition coefficient (Wildman–Crippen LogP) is 3.12. The quantitative estimate of drug-likeness (QED) is 0.677. The molecule has 166 valence electrons. The minimum atomic E-state index is -4.45. The molecule has 3 rings (SSSR count). The second kappa shape index (κ2) is 9.34. The van der Waals surface area contributed by atoms with Gasteiger partial charge in [-0.1, -0.05) is 0 Å². The maximum absolute atomic E-state index is 12.9. The van der Waals surface area contributed by atoms with Crippen LogP contribution in [0.3, 0.4) is 0 Å². The molecule has 0 spiro atoms. The molecule has 2 aromatic carbocycles. The second-order valence-electron chi connectivity index (χ2n) is 7.12. The number of alkyl halides is 3. The highest BCUT2D eigenvalue weighted by Gasteiger charge is 2.48. The Morgan fingerprint density at radius 2 is 1.65 bits per heavy atom. The third kappa shape index (κ3) is 5.72. The molecule has 1 heterocycles. The lowest BCUT2D eigenvalue weighted by Gasteiger charge is -2.23. The number of benzene rings is 2. The normalized spacial score (nSPS) is 18.7. The van der Waals surface area contributed by atoms with Crippen LogP contribution < -0.4 is 10.1 Å². The van der Waals surface area contributed by atoms with Crippen LogP contribution >= 0.6 is 0 Å². The summed E-state index contributed by atoms with van der Waals surface area (Å²) >= 11 is 0. The van der Waals surface area contributed by atoms with Crippen LogP contribution in [0.4, 0.5) is 17.6 Å². The lowest BCUT2D eigenvalue weighted by atomic mass is 10.1. The highest BCUT2D eigenvalue weighted by Crippen LogP contribution is 2.36. The number of carbonyl (C=O) groups is 2. The van der Waals surface area contributed by atoms with Gasteiger partial charge in [-0.15, -0.1) is 0 Å². The fourth-order valence-electron chi connectivity index (χ4n) is 3.30. The molecule has 1 aliphatic rings. The molecule has 2 N–H and O–H groups in total. The van der Waals surface area contributed by atoms with Gasteiger partial charge >= 0.3 is 6.18 Å². The average Bonchev–Trinajstić information content (AvgIpc) is 3.19. The van der Waals surface area contributed by atoms with Gasteiger partial charge in [0.05, 0.1) is 25.1 Å². The van der Waals surface area contributed by atoms with Gasteiger partial charge in [0.2, 0.25) is 5.91 Å². The van der Waals surface area contributed by atoms with Crippen molar-refractivity contribution in [3.8, 4) is 11.5 Å². The number of halogens is 4. The van der Waals surface area contributed by atoms with Crippen molar-refractivity contribution in [3.05, 3.63) is 59.9 Å². The smallest absolute Gasteiger partial charge is 0.393 e. The summed E-state index contributed by atoms with van der Waals surface area (Å²) in [5, 5.41) is 11.7. The van der Waals surface area contributed by atoms with Crippen molar-refractivity contribution < 1.29 is 37.0 Å². The Bertz CT molecular complexity index is 916. The summed E-state index contributed by atoms with van der Waals surface area (Å²) in [6.07, 6.45) is -4.82. The Kier molecular flexibility index (Phi) is 6.79. The Morgan fingerprint density at radius 1 is 1.06 bits per heavy atom. The third-order valence-corrected chi connectivity index (χ3v) is 4.97. The molecule has 31 heavy (non-hydrogen) atoms. The minimum absolute atomic E-state index is 0.215. The number of ether oxygens (including phenoxy) is 1. The van der Waals surface area contributed by atoms with Crippen molar-refractivity contribution in [2.45, 2.75) is 18.6 Å². The SMILES string of the molecule is O=C(NCC(=O)N1C[C@@H](C(F)(F)F)C[C@H]1CO)c1ccc(Oc2ccc(F)cc2)cc1. The van der Waals surface area contributed by atoms with Crippen LogP contribution in [0, 0.1) is 11.7 Å². The topological polar surface area (TPSA) is 78.9 Å². The van der Waals surface area contributed by atoms with E-state index in [9.17, 15) is 32.3 Å².